The minimum absolute atomic E-state index is 0.0423. The highest BCUT2D eigenvalue weighted by molar-refractivity contribution is 7.92. The maximum atomic E-state index is 13.3. The third-order valence-electron chi connectivity index (χ3n) is 4.80. The summed E-state index contributed by atoms with van der Waals surface area (Å²) in [7, 11) is -3.89. The molecule has 8 heteroatoms. The van der Waals surface area contributed by atoms with E-state index in [1.807, 2.05) is 0 Å². The van der Waals surface area contributed by atoms with Gasteiger partial charge in [0.25, 0.3) is 15.9 Å². The van der Waals surface area contributed by atoms with Crippen LogP contribution in [0.25, 0.3) is 0 Å². The monoisotopic (exact) mass is 390 g/mol. The molecule has 6 nitrogen and oxygen atoms in total. The van der Waals surface area contributed by atoms with Crippen LogP contribution in [0, 0.1) is 5.82 Å². The van der Waals surface area contributed by atoms with Crippen molar-refractivity contribution in [2.75, 3.05) is 22.8 Å². The highest BCUT2D eigenvalue weighted by Crippen LogP contribution is 2.32. The summed E-state index contributed by atoms with van der Waals surface area (Å²) >= 11 is 0. The smallest absolute Gasteiger partial charge is 0.261 e. The first kappa shape index (κ1) is 17.9. The van der Waals surface area contributed by atoms with E-state index in [-0.39, 0.29) is 16.9 Å². The number of benzene rings is 2. The molecule has 1 atom stereocenters. The molecule has 1 saturated heterocycles. The van der Waals surface area contributed by atoms with E-state index in [4.69, 9.17) is 4.74 Å². The fraction of sp³-hybridized carbons (Fsp3) is 0.316. The molecular formula is C19H19FN2O4S. The summed E-state index contributed by atoms with van der Waals surface area (Å²) in [5.74, 6) is -0.658. The van der Waals surface area contributed by atoms with Crippen LogP contribution in [0.4, 0.5) is 15.8 Å². The molecule has 0 spiro atoms. The summed E-state index contributed by atoms with van der Waals surface area (Å²) in [6, 6.07) is 9.90. The van der Waals surface area contributed by atoms with Crippen molar-refractivity contribution in [2.45, 2.75) is 30.3 Å². The van der Waals surface area contributed by atoms with Gasteiger partial charge in [0.15, 0.2) is 0 Å². The van der Waals surface area contributed by atoms with Gasteiger partial charge >= 0.3 is 0 Å². The number of carbonyl (C=O) groups excluding carboxylic acids is 1. The summed E-state index contributed by atoms with van der Waals surface area (Å²) in [6.07, 6.45) is 1.87. The average molecular weight is 390 g/mol. The lowest BCUT2D eigenvalue weighted by atomic mass is 10.1. The number of fused-ring (bicyclic) bond motifs is 1. The van der Waals surface area contributed by atoms with Crippen LogP contribution >= 0.6 is 0 Å². The molecule has 1 N–H and O–H groups in total. The van der Waals surface area contributed by atoms with E-state index in [0.29, 0.717) is 25.3 Å². The zero-order chi connectivity index (χ0) is 19.0. The van der Waals surface area contributed by atoms with E-state index in [2.05, 4.69) is 4.72 Å². The normalized spacial score (nSPS) is 19.1. The fourth-order valence-electron chi connectivity index (χ4n) is 3.49. The van der Waals surface area contributed by atoms with Gasteiger partial charge in [0.2, 0.25) is 0 Å². The molecule has 2 aliphatic heterocycles. The summed E-state index contributed by atoms with van der Waals surface area (Å²) in [4.78, 5) is 14.2. The van der Waals surface area contributed by atoms with Crippen molar-refractivity contribution in [3.8, 4) is 0 Å². The maximum Gasteiger partial charge on any atom is 0.261 e. The molecule has 0 aromatic heterocycles. The van der Waals surface area contributed by atoms with Crippen LogP contribution in [0.15, 0.2) is 47.4 Å². The first-order chi connectivity index (χ1) is 12.9. The van der Waals surface area contributed by atoms with Crippen molar-refractivity contribution >= 4 is 27.3 Å². The first-order valence-corrected chi connectivity index (χ1v) is 10.3. The fourth-order valence-corrected chi connectivity index (χ4v) is 4.57. The first-order valence-electron chi connectivity index (χ1n) is 8.78. The predicted octanol–water partition coefficient (Wildman–Crippen LogP) is 2.69. The van der Waals surface area contributed by atoms with Gasteiger partial charge in [-0.15, -0.1) is 0 Å². The Balaban J connectivity index is 1.55. The van der Waals surface area contributed by atoms with E-state index in [1.165, 1.54) is 18.2 Å². The molecule has 27 heavy (non-hydrogen) atoms. The Bertz CT molecular complexity index is 987. The van der Waals surface area contributed by atoms with Gasteiger partial charge in [-0.2, -0.15) is 0 Å². The molecule has 0 bridgehead atoms. The maximum absolute atomic E-state index is 13.3. The lowest BCUT2D eigenvalue weighted by Gasteiger charge is -2.21. The molecule has 1 amide bonds. The molecule has 142 valence electrons. The number of nitrogens with one attached hydrogen (secondary N) is 1. The van der Waals surface area contributed by atoms with Crippen LogP contribution < -0.4 is 9.62 Å². The molecule has 0 saturated carbocycles. The highest BCUT2D eigenvalue weighted by Gasteiger charge is 2.32. The molecule has 0 aliphatic carbocycles. The van der Waals surface area contributed by atoms with Crippen LogP contribution in [-0.2, 0) is 26.0 Å². The third-order valence-corrected chi connectivity index (χ3v) is 6.18. The Morgan fingerprint density at radius 2 is 2.07 bits per heavy atom. The van der Waals surface area contributed by atoms with E-state index >= 15 is 0 Å². The largest absolute Gasteiger partial charge is 0.368 e. The summed E-state index contributed by atoms with van der Waals surface area (Å²) in [6.45, 7) is 1.16. The zero-order valence-electron chi connectivity index (χ0n) is 14.5. The number of nitrogens with zero attached hydrogens (tertiary/aromatic N) is 1. The van der Waals surface area contributed by atoms with Gasteiger partial charge in [-0.1, -0.05) is 6.07 Å². The van der Waals surface area contributed by atoms with E-state index < -0.39 is 15.8 Å². The Morgan fingerprint density at radius 3 is 2.81 bits per heavy atom. The zero-order valence-corrected chi connectivity index (χ0v) is 15.3. The molecule has 4 rings (SSSR count). The lowest BCUT2D eigenvalue weighted by Crippen LogP contribution is -2.37. The second-order valence-electron chi connectivity index (χ2n) is 6.65. The second kappa shape index (κ2) is 6.94. The van der Waals surface area contributed by atoms with E-state index in [0.717, 1.165) is 30.2 Å². The minimum Gasteiger partial charge on any atom is -0.368 e. The Kier molecular flexibility index (Phi) is 4.61. The summed E-state index contributed by atoms with van der Waals surface area (Å²) in [5, 5.41) is 0. The molecule has 2 aliphatic rings. The summed E-state index contributed by atoms with van der Waals surface area (Å²) < 4.78 is 46.2. The van der Waals surface area contributed by atoms with Gasteiger partial charge in [0.1, 0.15) is 11.9 Å². The summed E-state index contributed by atoms with van der Waals surface area (Å²) in [5.41, 5.74) is 2.05. The Morgan fingerprint density at radius 1 is 1.22 bits per heavy atom. The molecule has 0 radical (unpaired) electrons. The second-order valence-corrected chi connectivity index (χ2v) is 8.33. The molecule has 2 aromatic carbocycles. The van der Waals surface area contributed by atoms with Gasteiger partial charge in [-0.25, -0.2) is 12.8 Å². The van der Waals surface area contributed by atoms with Crippen LogP contribution in [-0.4, -0.2) is 33.6 Å². The van der Waals surface area contributed by atoms with Gasteiger partial charge in [-0.05, 0) is 61.2 Å². The van der Waals surface area contributed by atoms with Gasteiger partial charge in [0, 0.05) is 24.5 Å². The van der Waals surface area contributed by atoms with Crippen LogP contribution in [0.1, 0.15) is 18.4 Å². The molecule has 1 fully saturated rings. The number of carbonyl (C=O) groups is 1. The van der Waals surface area contributed by atoms with E-state index in [1.54, 1.807) is 23.1 Å². The highest BCUT2D eigenvalue weighted by atomic mass is 32.2. The Labute approximate surface area is 157 Å². The number of amides is 1. The van der Waals surface area contributed by atoms with Crippen molar-refractivity contribution in [1.29, 1.82) is 0 Å². The van der Waals surface area contributed by atoms with Crippen molar-refractivity contribution in [3.05, 3.63) is 53.8 Å². The van der Waals surface area contributed by atoms with Gasteiger partial charge in [-0.3, -0.25) is 9.52 Å². The number of hydrogen-bond acceptors (Lipinski definition) is 4. The molecule has 2 aromatic rings. The number of anilines is 2. The van der Waals surface area contributed by atoms with Gasteiger partial charge in [0.05, 0.1) is 4.90 Å². The number of sulfonamides is 1. The SMILES string of the molecule is O=C(C1CCCO1)N1CCc2cc(NS(=O)(=O)c3cccc(F)c3)ccc21. The van der Waals surface area contributed by atoms with Crippen molar-refractivity contribution in [1.82, 2.24) is 0 Å². The number of hydrogen-bond donors (Lipinski definition) is 1. The number of rotatable bonds is 4. The minimum atomic E-state index is -3.89. The number of ether oxygens (including phenoxy) is 1. The molecule has 1 unspecified atom stereocenters. The Hall–Kier alpha value is -2.45. The quantitative estimate of drug-likeness (QED) is 0.871. The number of halogens is 1. The topological polar surface area (TPSA) is 75.7 Å². The standard InChI is InChI=1S/C19H19FN2O4S/c20-14-3-1-4-16(12-14)27(24,25)21-15-6-7-17-13(11-15)8-9-22(17)19(23)18-5-2-10-26-18/h1,3-4,6-7,11-12,18,21H,2,5,8-10H2. The molecular weight excluding hydrogens is 371 g/mol. The van der Waals surface area contributed by atoms with E-state index in [9.17, 15) is 17.6 Å². The van der Waals surface area contributed by atoms with Crippen molar-refractivity contribution in [3.63, 3.8) is 0 Å². The van der Waals surface area contributed by atoms with Crippen LogP contribution in [0.3, 0.4) is 0 Å². The van der Waals surface area contributed by atoms with Crippen LogP contribution in [0.2, 0.25) is 0 Å². The molecule has 2 heterocycles. The lowest BCUT2D eigenvalue weighted by molar-refractivity contribution is -0.127. The van der Waals surface area contributed by atoms with Crippen molar-refractivity contribution < 1.29 is 22.3 Å². The van der Waals surface area contributed by atoms with Crippen LogP contribution in [0.5, 0.6) is 0 Å². The predicted molar refractivity (Wildman–Crippen MR) is 98.7 cm³/mol. The average Bonchev–Trinajstić information content (AvgIpc) is 3.30. The third kappa shape index (κ3) is 3.54. The van der Waals surface area contributed by atoms with Crippen molar-refractivity contribution in [2.24, 2.45) is 0 Å². The van der Waals surface area contributed by atoms with Gasteiger partial charge < -0.3 is 9.64 Å².